The van der Waals surface area contributed by atoms with Gasteiger partial charge in [-0.15, -0.1) is 0 Å². The number of alkyl carbamates (subject to hydrolysis) is 1. The summed E-state index contributed by atoms with van der Waals surface area (Å²) >= 11 is 0. The minimum atomic E-state index is -4.49. The van der Waals surface area contributed by atoms with Crippen LogP contribution < -0.4 is 10.2 Å². The fraction of sp³-hybridized carbons (Fsp3) is 0.667. The van der Waals surface area contributed by atoms with Crippen LogP contribution in [-0.4, -0.2) is 77.5 Å². The number of alkyl halides is 3. The Morgan fingerprint density at radius 3 is 2.32 bits per heavy atom. The summed E-state index contributed by atoms with van der Waals surface area (Å²) in [7, 11) is 0. The molecule has 1 aliphatic carbocycles. The molecule has 1 aliphatic heterocycles. The molecule has 1 atom stereocenters. The van der Waals surface area contributed by atoms with Crippen LogP contribution in [0.15, 0.2) is 17.5 Å². The first-order valence-corrected chi connectivity index (χ1v) is 11.0. The Morgan fingerprint density at radius 1 is 1.18 bits per heavy atom. The highest BCUT2D eigenvalue weighted by Gasteiger charge is 2.33. The van der Waals surface area contributed by atoms with E-state index in [1.165, 1.54) is 6.21 Å². The quantitative estimate of drug-likeness (QED) is 0.466. The van der Waals surface area contributed by atoms with E-state index >= 15 is 0 Å². The number of carbonyl (C=O) groups excluding carboxylic acids is 2. The largest absolute Gasteiger partial charge is 0.444 e. The molecule has 0 bridgehead atoms. The Morgan fingerprint density at radius 2 is 1.79 bits per heavy atom. The summed E-state index contributed by atoms with van der Waals surface area (Å²) in [5.74, 6) is 0.175. The molecule has 2 amide bonds. The van der Waals surface area contributed by atoms with Gasteiger partial charge in [0.05, 0.1) is 17.8 Å². The summed E-state index contributed by atoms with van der Waals surface area (Å²) in [5, 5.41) is 6.60. The molecule has 2 fully saturated rings. The third-order valence-corrected chi connectivity index (χ3v) is 5.18. The number of nitrogens with zero attached hydrogens (tertiary/aromatic N) is 5. The maximum Gasteiger partial charge on any atom is 0.419 e. The second-order valence-corrected chi connectivity index (χ2v) is 9.17. The minimum Gasteiger partial charge on any atom is -0.444 e. The van der Waals surface area contributed by atoms with E-state index in [1.807, 2.05) is 0 Å². The number of halogens is 3. The van der Waals surface area contributed by atoms with E-state index in [4.69, 9.17) is 9.57 Å². The Bertz CT molecular complexity index is 876. The molecule has 1 N–H and O–H groups in total. The molecule has 1 aromatic rings. The number of aromatic nitrogens is 2. The monoisotopic (exact) mass is 486 g/mol. The molecule has 2 heterocycles. The SMILES string of the molecule is CC(C)(C)OC(=O)N[C@H](/C=N/OCC(=O)N1CCN(c2ncc(C(F)(F)F)cn2)CC1)C1CC1. The highest BCUT2D eigenvalue weighted by atomic mass is 19.4. The molecular formula is C21H29F3N6O4. The van der Waals surface area contributed by atoms with Crippen LogP contribution in [0.25, 0.3) is 0 Å². The lowest BCUT2D eigenvalue weighted by Gasteiger charge is -2.34. The lowest BCUT2D eigenvalue weighted by molar-refractivity contribution is -0.138. The molecule has 0 spiro atoms. The van der Waals surface area contributed by atoms with Crippen LogP contribution in [0.5, 0.6) is 0 Å². The van der Waals surface area contributed by atoms with Crippen molar-refractivity contribution in [2.24, 2.45) is 11.1 Å². The molecule has 0 radical (unpaired) electrons. The van der Waals surface area contributed by atoms with Gasteiger partial charge in [0.25, 0.3) is 5.91 Å². The maximum absolute atomic E-state index is 12.6. The second-order valence-electron chi connectivity index (χ2n) is 9.17. The van der Waals surface area contributed by atoms with E-state index in [0.29, 0.717) is 26.2 Å². The van der Waals surface area contributed by atoms with E-state index in [9.17, 15) is 22.8 Å². The first kappa shape index (κ1) is 25.5. The normalized spacial score (nSPS) is 18.1. The van der Waals surface area contributed by atoms with Gasteiger partial charge in [-0.05, 0) is 39.5 Å². The zero-order valence-electron chi connectivity index (χ0n) is 19.3. The second kappa shape index (κ2) is 10.4. The number of anilines is 1. The van der Waals surface area contributed by atoms with Crippen molar-refractivity contribution in [2.45, 2.75) is 51.4 Å². The first-order chi connectivity index (χ1) is 15.9. The van der Waals surface area contributed by atoms with Crippen molar-refractivity contribution in [1.82, 2.24) is 20.2 Å². The van der Waals surface area contributed by atoms with Gasteiger partial charge in [0.15, 0.2) is 6.61 Å². The third kappa shape index (κ3) is 7.73. The predicted octanol–water partition coefficient (Wildman–Crippen LogP) is 2.45. The Labute approximate surface area is 195 Å². The van der Waals surface area contributed by atoms with Gasteiger partial charge in [0, 0.05) is 38.6 Å². The molecule has 0 aromatic carbocycles. The predicted molar refractivity (Wildman–Crippen MR) is 116 cm³/mol. The van der Waals surface area contributed by atoms with Crippen LogP contribution in [0.1, 0.15) is 39.2 Å². The zero-order valence-corrected chi connectivity index (χ0v) is 19.3. The zero-order chi connectivity index (χ0) is 24.9. The van der Waals surface area contributed by atoms with Crippen molar-refractivity contribution in [3.05, 3.63) is 18.0 Å². The maximum atomic E-state index is 12.6. The number of rotatable bonds is 7. The number of hydrogen-bond acceptors (Lipinski definition) is 8. The van der Waals surface area contributed by atoms with Gasteiger partial charge < -0.3 is 24.7 Å². The van der Waals surface area contributed by atoms with Crippen molar-refractivity contribution in [3.63, 3.8) is 0 Å². The van der Waals surface area contributed by atoms with Gasteiger partial charge >= 0.3 is 12.3 Å². The van der Waals surface area contributed by atoms with Gasteiger partial charge in [-0.2, -0.15) is 13.2 Å². The minimum absolute atomic E-state index is 0.185. The van der Waals surface area contributed by atoms with Crippen LogP contribution in [0, 0.1) is 5.92 Å². The van der Waals surface area contributed by atoms with Crippen LogP contribution in [0.2, 0.25) is 0 Å². The molecule has 1 aromatic heterocycles. The summed E-state index contributed by atoms with van der Waals surface area (Å²) in [6, 6.07) is -0.336. The first-order valence-electron chi connectivity index (χ1n) is 11.0. The fourth-order valence-electron chi connectivity index (χ4n) is 3.25. The molecule has 13 heteroatoms. The van der Waals surface area contributed by atoms with E-state index < -0.39 is 23.4 Å². The van der Waals surface area contributed by atoms with Crippen molar-refractivity contribution in [3.8, 4) is 0 Å². The van der Waals surface area contributed by atoms with E-state index in [-0.39, 0.29) is 30.4 Å². The van der Waals surface area contributed by atoms with Gasteiger partial charge in [-0.3, -0.25) is 4.79 Å². The summed E-state index contributed by atoms with van der Waals surface area (Å²) in [4.78, 5) is 40.4. The van der Waals surface area contributed by atoms with Gasteiger partial charge in [0.1, 0.15) is 5.60 Å². The highest BCUT2D eigenvalue weighted by Crippen LogP contribution is 2.32. The molecule has 1 saturated carbocycles. The molecule has 10 nitrogen and oxygen atoms in total. The van der Waals surface area contributed by atoms with Crippen molar-refractivity contribution >= 4 is 24.2 Å². The van der Waals surface area contributed by atoms with E-state index in [2.05, 4.69) is 20.4 Å². The van der Waals surface area contributed by atoms with Crippen LogP contribution >= 0.6 is 0 Å². The smallest absolute Gasteiger partial charge is 0.419 e. The Kier molecular flexibility index (Phi) is 7.82. The number of carbonyl (C=O) groups is 2. The van der Waals surface area contributed by atoms with Crippen molar-refractivity contribution < 1.29 is 32.3 Å². The summed E-state index contributed by atoms with van der Waals surface area (Å²) in [6.45, 7) is 6.51. The molecule has 2 aliphatic rings. The summed E-state index contributed by atoms with van der Waals surface area (Å²) in [6.07, 6.45) is -0.152. The lowest BCUT2D eigenvalue weighted by Crippen LogP contribution is -2.50. The van der Waals surface area contributed by atoms with E-state index in [1.54, 1.807) is 30.6 Å². The average molecular weight is 486 g/mol. The van der Waals surface area contributed by atoms with Gasteiger partial charge in [-0.1, -0.05) is 5.16 Å². The Hall–Kier alpha value is -3.12. The third-order valence-electron chi connectivity index (χ3n) is 5.18. The molecule has 0 unspecified atom stereocenters. The molecule has 188 valence electrons. The molecular weight excluding hydrogens is 457 g/mol. The Balaban J connectivity index is 1.41. The number of hydrogen-bond donors (Lipinski definition) is 1. The molecule has 34 heavy (non-hydrogen) atoms. The number of amides is 2. The standard InChI is InChI=1S/C21H29F3N6O4/c1-20(2,3)34-19(32)28-16(14-4-5-14)12-27-33-13-17(31)29-6-8-30(9-7-29)18-25-10-15(11-26-18)21(22,23)24/h10-12,14,16H,4-9,13H2,1-3H3,(H,28,32)/b27-12+/t16-/m1/s1. The number of nitrogens with one attached hydrogen (secondary N) is 1. The number of oxime groups is 1. The fourth-order valence-corrected chi connectivity index (χ4v) is 3.25. The van der Waals surface area contributed by atoms with Gasteiger partial charge in [-0.25, -0.2) is 14.8 Å². The average Bonchev–Trinajstić information content (AvgIpc) is 3.59. The topological polar surface area (TPSA) is 109 Å². The summed E-state index contributed by atoms with van der Waals surface area (Å²) in [5.41, 5.74) is -1.52. The van der Waals surface area contributed by atoms with Crippen molar-refractivity contribution in [2.75, 3.05) is 37.7 Å². The lowest BCUT2D eigenvalue weighted by atomic mass is 10.2. The number of piperazine rings is 1. The highest BCUT2D eigenvalue weighted by molar-refractivity contribution is 5.78. The van der Waals surface area contributed by atoms with Crippen LogP contribution in [-0.2, 0) is 20.5 Å². The van der Waals surface area contributed by atoms with Gasteiger partial charge in [0.2, 0.25) is 5.95 Å². The van der Waals surface area contributed by atoms with Crippen LogP contribution in [0.4, 0.5) is 23.9 Å². The summed E-state index contributed by atoms with van der Waals surface area (Å²) < 4.78 is 43.2. The number of ether oxygens (including phenoxy) is 1. The molecule has 3 rings (SSSR count). The van der Waals surface area contributed by atoms with E-state index in [0.717, 1.165) is 25.2 Å². The molecule has 1 saturated heterocycles. The van der Waals surface area contributed by atoms with Crippen LogP contribution in [0.3, 0.4) is 0 Å². The van der Waals surface area contributed by atoms with Crippen molar-refractivity contribution in [1.29, 1.82) is 0 Å².